The van der Waals surface area contributed by atoms with Crippen molar-refractivity contribution in [2.45, 2.75) is 44.1 Å². The summed E-state index contributed by atoms with van der Waals surface area (Å²) in [6.45, 7) is 9.09. The maximum absolute atomic E-state index is 10.3. The molecule has 1 aromatic rings. The Balaban J connectivity index is 2.06. The third kappa shape index (κ3) is 2.52. The van der Waals surface area contributed by atoms with Crippen molar-refractivity contribution in [2.24, 2.45) is 0 Å². The molecule has 0 radical (unpaired) electrons. The van der Waals surface area contributed by atoms with Gasteiger partial charge in [-0.3, -0.25) is 4.90 Å². The van der Waals surface area contributed by atoms with Crippen LogP contribution in [0.25, 0.3) is 0 Å². The van der Waals surface area contributed by atoms with Gasteiger partial charge >= 0.3 is 0 Å². The molecule has 1 heterocycles. The maximum atomic E-state index is 10.3. The van der Waals surface area contributed by atoms with E-state index in [2.05, 4.69) is 48.3 Å². The second kappa shape index (κ2) is 5.71. The van der Waals surface area contributed by atoms with E-state index in [1.54, 1.807) is 0 Å². The third-order valence-electron chi connectivity index (χ3n) is 5.53. The van der Waals surface area contributed by atoms with Crippen LogP contribution in [0.15, 0.2) is 24.3 Å². The molecule has 1 aliphatic carbocycles. The molecule has 1 unspecified atom stereocenters. The second-order valence-corrected chi connectivity index (χ2v) is 7.21. The summed E-state index contributed by atoms with van der Waals surface area (Å²) in [6, 6.07) is 8.76. The van der Waals surface area contributed by atoms with Gasteiger partial charge in [-0.1, -0.05) is 38.1 Å². The molecule has 0 saturated carbocycles. The first-order valence-electron chi connectivity index (χ1n) is 8.27. The predicted molar refractivity (Wildman–Crippen MR) is 86.5 cm³/mol. The summed E-state index contributed by atoms with van der Waals surface area (Å²) in [6.07, 6.45) is 3.34. The monoisotopic (exact) mass is 288 g/mol. The van der Waals surface area contributed by atoms with Crippen LogP contribution in [0.3, 0.4) is 0 Å². The summed E-state index contributed by atoms with van der Waals surface area (Å²) in [7, 11) is 0. The Bertz CT molecular complexity index is 492. The summed E-state index contributed by atoms with van der Waals surface area (Å²) in [5.41, 5.74) is 2.80. The first-order valence-corrected chi connectivity index (χ1v) is 8.27. The molecule has 1 aliphatic heterocycles. The Morgan fingerprint density at radius 2 is 1.86 bits per heavy atom. The molecule has 3 heteroatoms. The average molecular weight is 288 g/mol. The van der Waals surface area contributed by atoms with Crippen LogP contribution in [-0.2, 0) is 11.0 Å². The van der Waals surface area contributed by atoms with Gasteiger partial charge in [-0.15, -0.1) is 0 Å². The van der Waals surface area contributed by atoms with Gasteiger partial charge in [-0.05, 0) is 42.3 Å². The lowest BCUT2D eigenvalue weighted by atomic mass is 9.65. The van der Waals surface area contributed by atoms with Crippen LogP contribution in [0, 0.1) is 0 Å². The quantitative estimate of drug-likeness (QED) is 0.876. The fraction of sp³-hybridized carbons (Fsp3) is 0.667. The molecular formula is C18H28N2O. The van der Waals surface area contributed by atoms with Gasteiger partial charge < -0.3 is 10.4 Å². The smallest absolute Gasteiger partial charge is 0.0697 e. The van der Waals surface area contributed by atoms with Gasteiger partial charge in [0.2, 0.25) is 0 Å². The minimum Gasteiger partial charge on any atom is -0.394 e. The maximum Gasteiger partial charge on any atom is 0.0697 e. The zero-order chi connectivity index (χ0) is 14.9. The molecule has 3 nitrogen and oxygen atoms in total. The number of benzene rings is 1. The third-order valence-corrected chi connectivity index (χ3v) is 5.53. The first-order chi connectivity index (χ1) is 10.1. The lowest BCUT2D eigenvalue weighted by Gasteiger charge is -2.50. The van der Waals surface area contributed by atoms with Crippen LogP contribution in [0.4, 0.5) is 0 Å². The molecule has 1 aromatic carbocycles. The van der Waals surface area contributed by atoms with Gasteiger partial charge in [0.15, 0.2) is 0 Å². The summed E-state index contributed by atoms with van der Waals surface area (Å²) in [5.74, 6) is 0. The standard InChI is InChI=1S/C18H28N2O/c1-17(2)8-9-18(14-21,16-7-4-3-6-15(16)17)20-12-5-10-19-11-13-20/h3-4,6-7,19,21H,5,8-14H2,1-2H3. The Morgan fingerprint density at radius 3 is 2.62 bits per heavy atom. The van der Waals surface area contributed by atoms with E-state index in [0.29, 0.717) is 0 Å². The average Bonchev–Trinajstić information content (AvgIpc) is 2.78. The fourth-order valence-corrected chi connectivity index (χ4v) is 4.13. The van der Waals surface area contributed by atoms with Gasteiger partial charge in [-0.2, -0.15) is 0 Å². The van der Waals surface area contributed by atoms with Crippen molar-refractivity contribution in [3.8, 4) is 0 Å². The van der Waals surface area contributed by atoms with Crippen LogP contribution >= 0.6 is 0 Å². The van der Waals surface area contributed by atoms with Crippen molar-refractivity contribution in [3.05, 3.63) is 35.4 Å². The number of hydrogen-bond acceptors (Lipinski definition) is 3. The largest absolute Gasteiger partial charge is 0.394 e. The Labute approximate surface area is 128 Å². The summed E-state index contributed by atoms with van der Waals surface area (Å²) in [5, 5.41) is 13.8. The molecule has 0 bridgehead atoms. The number of aliphatic hydroxyl groups excluding tert-OH is 1. The normalized spacial score (nSPS) is 29.7. The lowest BCUT2D eigenvalue weighted by Crippen LogP contribution is -2.54. The topological polar surface area (TPSA) is 35.5 Å². The summed E-state index contributed by atoms with van der Waals surface area (Å²) < 4.78 is 0. The molecule has 3 rings (SSSR count). The van der Waals surface area contributed by atoms with Crippen LogP contribution < -0.4 is 5.32 Å². The zero-order valence-corrected chi connectivity index (χ0v) is 13.4. The molecule has 2 aliphatic rings. The minimum atomic E-state index is -0.182. The molecule has 1 saturated heterocycles. The second-order valence-electron chi connectivity index (χ2n) is 7.21. The highest BCUT2D eigenvalue weighted by Gasteiger charge is 2.45. The van der Waals surface area contributed by atoms with Crippen LogP contribution in [0.5, 0.6) is 0 Å². The van der Waals surface area contributed by atoms with Crippen molar-refractivity contribution in [1.29, 1.82) is 0 Å². The van der Waals surface area contributed by atoms with Crippen molar-refractivity contribution >= 4 is 0 Å². The van der Waals surface area contributed by atoms with Crippen molar-refractivity contribution in [1.82, 2.24) is 10.2 Å². The van der Waals surface area contributed by atoms with Gasteiger partial charge in [0.1, 0.15) is 0 Å². The van der Waals surface area contributed by atoms with E-state index in [4.69, 9.17) is 0 Å². The summed E-state index contributed by atoms with van der Waals surface area (Å²) in [4.78, 5) is 2.53. The highest BCUT2D eigenvalue weighted by atomic mass is 16.3. The van der Waals surface area contributed by atoms with Gasteiger partial charge in [0.05, 0.1) is 12.1 Å². The Morgan fingerprint density at radius 1 is 1.10 bits per heavy atom. The van der Waals surface area contributed by atoms with Crippen molar-refractivity contribution in [2.75, 3.05) is 32.8 Å². The number of hydrogen-bond donors (Lipinski definition) is 2. The van der Waals surface area contributed by atoms with Gasteiger partial charge in [0.25, 0.3) is 0 Å². The predicted octanol–water partition coefficient (Wildman–Crippen LogP) is 2.24. The van der Waals surface area contributed by atoms with Gasteiger partial charge in [-0.25, -0.2) is 0 Å². The fourth-order valence-electron chi connectivity index (χ4n) is 4.13. The highest BCUT2D eigenvalue weighted by Crippen LogP contribution is 2.47. The zero-order valence-electron chi connectivity index (χ0n) is 13.4. The molecule has 0 spiro atoms. The van der Waals surface area contributed by atoms with E-state index in [1.165, 1.54) is 11.1 Å². The number of nitrogens with zero attached hydrogens (tertiary/aromatic N) is 1. The lowest BCUT2D eigenvalue weighted by molar-refractivity contribution is 0.00848. The van der Waals surface area contributed by atoms with Crippen molar-refractivity contribution in [3.63, 3.8) is 0 Å². The molecule has 1 atom stereocenters. The minimum absolute atomic E-state index is 0.182. The molecule has 1 fully saturated rings. The van der Waals surface area contributed by atoms with Crippen molar-refractivity contribution < 1.29 is 5.11 Å². The number of aliphatic hydroxyl groups is 1. The summed E-state index contributed by atoms with van der Waals surface area (Å²) >= 11 is 0. The SMILES string of the molecule is CC1(C)CCC(CO)(N2CCCNCC2)c2ccccc21. The van der Waals surface area contributed by atoms with E-state index in [0.717, 1.165) is 45.4 Å². The number of fused-ring (bicyclic) bond motifs is 1. The number of nitrogens with one attached hydrogen (secondary N) is 1. The molecule has 0 amide bonds. The van der Waals surface area contributed by atoms with Crippen LogP contribution in [0.2, 0.25) is 0 Å². The van der Waals surface area contributed by atoms with Gasteiger partial charge in [0, 0.05) is 19.6 Å². The van der Waals surface area contributed by atoms with Crippen LogP contribution in [0.1, 0.15) is 44.2 Å². The molecule has 0 aromatic heterocycles. The Kier molecular flexibility index (Phi) is 4.08. The molecule has 21 heavy (non-hydrogen) atoms. The van der Waals surface area contributed by atoms with Crippen LogP contribution in [-0.4, -0.2) is 42.8 Å². The Hall–Kier alpha value is -0.900. The van der Waals surface area contributed by atoms with E-state index < -0.39 is 0 Å². The molecule has 2 N–H and O–H groups in total. The van der Waals surface area contributed by atoms with E-state index in [9.17, 15) is 5.11 Å². The van der Waals surface area contributed by atoms with E-state index in [-0.39, 0.29) is 17.6 Å². The van der Waals surface area contributed by atoms with E-state index >= 15 is 0 Å². The molecule has 116 valence electrons. The molecular weight excluding hydrogens is 260 g/mol. The number of rotatable bonds is 2. The highest BCUT2D eigenvalue weighted by molar-refractivity contribution is 5.41. The first kappa shape index (κ1) is 15.0. The van der Waals surface area contributed by atoms with E-state index in [1.807, 2.05) is 0 Å².